The van der Waals surface area contributed by atoms with Gasteiger partial charge in [0.25, 0.3) is 0 Å². The standard InChI is InChI=1S/C22H20ClF2N7O/c23-18-17(12-6-27-31-20(12)21(19(18)25)28-10-3-1-2-4-10)14-8-32-9-15(29-16(32)7-26-14)30-22(33)11-5-13(11)24/h6-11,13,28H,1-5H2,(H,27,31)(H,30,33)/t11-,13+/m1/s1. The zero-order chi connectivity index (χ0) is 22.7. The molecule has 2 atom stereocenters. The van der Waals surface area contributed by atoms with E-state index in [1.807, 2.05) is 0 Å². The SMILES string of the molecule is O=C(Nc1cn2cc(-c3c(Cl)c(F)c(NC4CCCC4)c4[nH]ncc34)ncc2n1)[C@@H]1C[C@@H]1F. The second-order valence-corrected chi connectivity index (χ2v) is 9.05. The summed E-state index contributed by atoms with van der Waals surface area (Å²) in [5.74, 6) is -1.27. The predicted molar refractivity (Wildman–Crippen MR) is 121 cm³/mol. The van der Waals surface area contributed by atoms with Gasteiger partial charge in [0, 0.05) is 23.2 Å². The number of hydrogen-bond acceptors (Lipinski definition) is 5. The zero-order valence-corrected chi connectivity index (χ0v) is 18.2. The Bertz CT molecular complexity index is 1390. The molecule has 8 nitrogen and oxygen atoms in total. The smallest absolute Gasteiger partial charge is 0.231 e. The molecule has 0 unspecified atom stereocenters. The van der Waals surface area contributed by atoms with Gasteiger partial charge in [-0.3, -0.25) is 14.9 Å². The van der Waals surface area contributed by atoms with Crippen molar-refractivity contribution in [3.8, 4) is 11.3 Å². The van der Waals surface area contributed by atoms with Crippen LogP contribution in [-0.4, -0.2) is 42.7 Å². The number of nitrogens with zero attached hydrogens (tertiary/aromatic N) is 4. The van der Waals surface area contributed by atoms with Crippen molar-refractivity contribution in [1.29, 1.82) is 0 Å². The molecule has 2 aliphatic rings. The van der Waals surface area contributed by atoms with Gasteiger partial charge in [-0.2, -0.15) is 5.10 Å². The van der Waals surface area contributed by atoms with E-state index in [2.05, 4.69) is 30.8 Å². The number of anilines is 2. The lowest BCUT2D eigenvalue weighted by atomic mass is 10.0. The summed E-state index contributed by atoms with van der Waals surface area (Å²) in [4.78, 5) is 20.7. The molecule has 11 heteroatoms. The molecule has 0 saturated heterocycles. The maximum atomic E-state index is 15.4. The molecule has 170 valence electrons. The van der Waals surface area contributed by atoms with Crippen LogP contribution in [0.1, 0.15) is 32.1 Å². The van der Waals surface area contributed by atoms with Crippen molar-refractivity contribution in [1.82, 2.24) is 24.6 Å². The van der Waals surface area contributed by atoms with Crippen LogP contribution in [0.3, 0.4) is 0 Å². The van der Waals surface area contributed by atoms with Gasteiger partial charge in [-0.05, 0) is 19.3 Å². The summed E-state index contributed by atoms with van der Waals surface area (Å²) < 4.78 is 30.2. The number of carbonyl (C=O) groups excluding carboxylic acids is 1. The van der Waals surface area contributed by atoms with Crippen LogP contribution in [0.15, 0.2) is 24.8 Å². The van der Waals surface area contributed by atoms with Crippen molar-refractivity contribution in [2.45, 2.75) is 44.3 Å². The molecule has 1 amide bonds. The first-order valence-electron chi connectivity index (χ1n) is 10.9. The molecule has 3 heterocycles. The highest BCUT2D eigenvalue weighted by atomic mass is 35.5. The highest BCUT2D eigenvalue weighted by molar-refractivity contribution is 6.35. The number of aromatic nitrogens is 5. The molecule has 0 spiro atoms. The van der Waals surface area contributed by atoms with E-state index in [0.29, 0.717) is 39.3 Å². The van der Waals surface area contributed by atoms with E-state index in [4.69, 9.17) is 11.6 Å². The summed E-state index contributed by atoms with van der Waals surface area (Å²) in [6.45, 7) is 0. The Hall–Kier alpha value is -3.27. The van der Waals surface area contributed by atoms with Gasteiger partial charge in [0.05, 0.1) is 46.4 Å². The first-order valence-corrected chi connectivity index (χ1v) is 11.3. The van der Waals surface area contributed by atoms with Crippen molar-refractivity contribution in [3.05, 3.63) is 35.6 Å². The number of halogens is 3. The van der Waals surface area contributed by atoms with Crippen LogP contribution in [0.25, 0.3) is 27.8 Å². The van der Waals surface area contributed by atoms with E-state index >= 15 is 4.39 Å². The molecule has 1 aromatic carbocycles. The summed E-state index contributed by atoms with van der Waals surface area (Å²) in [5, 5.41) is 13.5. The fourth-order valence-electron chi connectivity index (χ4n) is 4.52. The van der Waals surface area contributed by atoms with Crippen LogP contribution in [0, 0.1) is 11.7 Å². The quantitative estimate of drug-likeness (QED) is 0.391. The minimum Gasteiger partial charge on any atom is -0.378 e. The minimum absolute atomic E-state index is 0.0485. The molecular formula is C22H20ClF2N7O. The monoisotopic (exact) mass is 471 g/mol. The number of fused-ring (bicyclic) bond motifs is 2. The highest BCUT2D eigenvalue weighted by Gasteiger charge is 2.43. The number of hydrogen-bond donors (Lipinski definition) is 3. The lowest BCUT2D eigenvalue weighted by molar-refractivity contribution is -0.117. The van der Waals surface area contributed by atoms with Crippen LogP contribution >= 0.6 is 11.6 Å². The van der Waals surface area contributed by atoms with E-state index in [1.54, 1.807) is 23.0 Å². The largest absolute Gasteiger partial charge is 0.378 e. The first kappa shape index (κ1) is 20.3. The molecule has 2 fully saturated rings. The second kappa shape index (κ2) is 7.65. The second-order valence-electron chi connectivity index (χ2n) is 8.67. The number of carbonyl (C=O) groups is 1. The molecule has 3 N–H and O–H groups in total. The summed E-state index contributed by atoms with van der Waals surface area (Å²) in [6, 6.07) is 0.199. The molecule has 2 saturated carbocycles. The van der Waals surface area contributed by atoms with Crippen LogP contribution in [0.2, 0.25) is 5.02 Å². The number of imidazole rings is 1. The van der Waals surface area contributed by atoms with Crippen molar-refractivity contribution < 1.29 is 13.6 Å². The summed E-state index contributed by atoms with van der Waals surface area (Å²) >= 11 is 6.52. The number of alkyl halides is 1. The lowest BCUT2D eigenvalue weighted by Crippen LogP contribution is -2.16. The summed E-state index contributed by atoms with van der Waals surface area (Å²) in [7, 11) is 0. The van der Waals surface area contributed by atoms with Crippen molar-refractivity contribution >= 4 is 45.6 Å². The van der Waals surface area contributed by atoms with E-state index in [-0.39, 0.29) is 17.5 Å². The molecule has 0 radical (unpaired) electrons. The number of rotatable bonds is 5. The van der Waals surface area contributed by atoms with Crippen LogP contribution in [-0.2, 0) is 4.79 Å². The molecule has 4 aromatic rings. The fourth-order valence-corrected chi connectivity index (χ4v) is 4.81. The molecule has 6 rings (SSSR count). The third-order valence-electron chi connectivity index (χ3n) is 6.39. The summed E-state index contributed by atoms with van der Waals surface area (Å²) in [6.07, 6.45) is 9.71. The number of amides is 1. The Labute approximate surface area is 191 Å². The van der Waals surface area contributed by atoms with E-state index in [0.717, 1.165) is 25.7 Å². The third-order valence-corrected chi connectivity index (χ3v) is 6.75. The number of aromatic amines is 1. The Morgan fingerprint density at radius 2 is 2.03 bits per heavy atom. The Morgan fingerprint density at radius 3 is 2.79 bits per heavy atom. The van der Waals surface area contributed by atoms with E-state index < -0.39 is 23.8 Å². The molecule has 0 bridgehead atoms. The van der Waals surface area contributed by atoms with E-state index in [9.17, 15) is 9.18 Å². The van der Waals surface area contributed by atoms with Gasteiger partial charge in [-0.1, -0.05) is 24.4 Å². The average Bonchev–Trinajstić information content (AvgIpc) is 3.22. The van der Waals surface area contributed by atoms with Gasteiger partial charge >= 0.3 is 0 Å². The maximum Gasteiger partial charge on any atom is 0.231 e. The maximum absolute atomic E-state index is 15.4. The fraction of sp³-hybridized carbons (Fsp3) is 0.364. The predicted octanol–water partition coefficient (Wildman–Crippen LogP) is 4.72. The average molecular weight is 472 g/mol. The van der Waals surface area contributed by atoms with Crippen molar-refractivity contribution in [2.24, 2.45) is 5.92 Å². The first-order chi connectivity index (χ1) is 16.0. The highest BCUT2D eigenvalue weighted by Crippen LogP contribution is 2.41. The number of H-pyrrole nitrogens is 1. The lowest BCUT2D eigenvalue weighted by Gasteiger charge is -2.17. The molecule has 3 aromatic heterocycles. The van der Waals surface area contributed by atoms with Gasteiger partial charge in [0.15, 0.2) is 17.3 Å². The Kier molecular flexibility index (Phi) is 4.72. The van der Waals surface area contributed by atoms with Gasteiger partial charge in [0.2, 0.25) is 5.91 Å². The summed E-state index contributed by atoms with van der Waals surface area (Å²) in [5.41, 5.74) is 2.16. The zero-order valence-electron chi connectivity index (χ0n) is 17.4. The Balaban J connectivity index is 1.38. The molecule has 2 aliphatic carbocycles. The number of benzene rings is 1. The van der Waals surface area contributed by atoms with Gasteiger partial charge in [-0.15, -0.1) is 0 Å². The van der Waals surface area contributed by atoms with Crippen LogP contribution < -0.4 is 10.6 Å². The van der Waals surface area contributed by atoms with Crippen molar-refractivity contribution in [3.63, 3.8) is 0 Å². The molecule has 33 heavy (non-hydrogen) atoms. The molecule has 0 aliphatic heterocycles. The Morgan fingerprint density at radius 1 is 1.24 bits per heavy atom. The van der Waals surface area contributed by atoms with Gasteiger partial charge in [-0.25, -0.2) is 13.8 Å². The third kappa shape index (κ3) is 3.49. The normalized spacial score (nSPS) is 20.6. The van der Waals surface area contributed by atoms with Crippen LogP contribution in [0.4, 0.5) is 20.3 Å². The topological polar surface area (TPSA) is 100 Å². The number of nitrogens with one attached hydrogen (secondary N) is 3. The van der Waals surface area contributed by atoms with Gasteiger partial charge < -0.3 is 15.0 Å². The van der Waals surface area contributed by atoms with Gasteiger partial charge in [0.1, 0.15) is 6.17 Å². The van der Waals surface area contributed by atoms with Crippen LogP contribution in [0.5, 0.6) is 0 Å². The van der Waals surface area contributed by atoms with E-state index in [1.165, 1.54) is 6.20 Å². The van der Waals surface area contributed by atoms with Crippen molar-refractivity contribution in [2.75, 3.05) is 10.6 Å². The molecular weight excluding hydrogens is 452 g/mol. The minimum atomic E-state index is -1.09.